The predicted molar refractivity (Wildman–Crippen MR) is 81.6 cm³/mol. The van der Waals surface area contributed by atoms with Crippen LogP contribution < -0.4 is 5.73 Å². The molecule has 2 N–H and O–H groups in total. The Morgan fingerprint density at radius 3 is 2.61 bits per heavy atom. The number of nitrogens with two attached hydrogens (primary N) is 1. The van der Waals surface area contributed by atoms with Gasteiger partial charge in [-0.3, -0.25) is 0 Å². The Labute approximate surface area is 119 Å². The maximum atomic E-state index is 6.31. The number of hydrogen-bond donors (Lipinski definition) is 1. The van der Waals surface area contributed by atoms with E-state index in [2.05, 4.69) is 47.1 Å². The van der Waals surface area contributed by atoms with Crippen LogP contribution in [-0.2, 0) is 6.42 Å². The van der Waals surface area contributed by atoms with E-state index < -0.39 is 0 Å². The lowest BCUT2D eigenvalue weighted by molar-refractivity contribution is 0.221. The van der Waals surface area contributed by atoms with Crippen molar-refractivity contribution in [1.82, 2.24) is 0 Å². The summed E-state index contributed by atoms with van der Waals surface area (Å²) in [6, 6.07) is 9.11. The molecule has 0 radical (unpaired) electrons. The van der Waals surface area contributed by atoms with Crippen LogP contribution >= 0.6 is 15.9 Å². The van der Waals surface area contributed by atoms with E-state index in [1.807, 2.05) is 0 Å². The lowest BCUT2D eigenvalue weighted by Gasteiger charge is -2.34. The van der Waals surface area contributed by atoms with Gasteiger partial charge in [0, 0.05) is 10.5 Å². The summed E-state index contributed by atoms with van der Waals surface area (Å²) < 4.78 is 1.16. The first-order chi connectivity index (χ1) is 8.69. The average Bonchev–Trinajstić information content (AvgIpc) is 2.36. The molecule has 0 aliphatic heterocycles. The predicted octanol–water partition coefficient (Wildman–Crippen LogP) is 4.54. The first-order valence-electron chi connectivity index (χ1n) is 7.19. The van der Waals surface area contributed by atoms with Crippen LogP contribution in [0.15, 0.2) is 28.7 Å². The van der Waals surface area contributed by atoms with Crippen molar-refractivity contribution in [3.63, 3.8) is 0 Å². The largest absolute Gasteiger partial charge is 0.327 e. The van der Waals surface area contributed by atoms with Gasteiger partial charge in [-0.25, -0.2) is 0 Å². The lowest BCUT2D eigenvalue weighted by Crippen LogP contribution is -2.37. The number of rotatable bonds is 4. The fourth-order valence-electron chi connectivity index (χ4n) is 3.21. The standard InChI is InChI=1S/C16H24BrN/c1-2-3-12-6-9-16(18)14(10-12)11-13-4-7-15(17)8-5-13/h4-5,7-8,12,14,16H,2-3,6,9-11,18H2,1H3. The van der Waals surface area contributed by atoms with Crippen LogP contribution in [0, 0.1) is 11.8 Å². The van der Waals surface area contributed by atoms with Gasteiger partial charge in [0.15, 0.2) is 0 Å². The molecule has 3 unspecified atom stereocenters. The molecule has 1 aliphatic carbocycles. The Morgan fingerprint density at radius 2 is 1.94 bits per heavy atom. The van der Waals surface area contributed by atoms with Crippen molar-refractivity contribution in [2.75, 3.05) is 0 Å². The molecule has 1 aromatic carbocycles. The van der Waals surface area contributed by atoms with Gasteiger partial charge in [0.1, 0.15) is 0 Å². The zero-order chi connectivity index (χ0) is 13.0. The summed E-state index contributed by atoms with van der Waals surface area (Å²) in [6.45, 7) is 2.29. The highest BCUT2D eigenvalue weighted by molar-refractivity contribution is 9.10. The third-order valence-corrected chi connectivity index (χ3v) is 4.79. The van der Waals surface area contributed by atoms with E-state index in [0.717, 1.165) is 16.8 Å². The van der Waals surface area contributed by atoms with E-state index in [-0.39, 0.29) is 0 Å². The third-order valence-electron chi connectivity index (χ3n) is 4.26. The van der Waals surface area contributed by atoms with Crippen molar-refractivity contribution in [3.05, 3.63) is 34.3 Å². The Morgan fingerprint density at radius 1 is 1.22 bits per heavy atom. The van der Waals surface area contributed by atoms with Crippen molar-refractivity contribution in [3.8, 4) is 0 Å². The molecule has 0 spiro atoms. The van der Waals surface area contributed by atoms with E-state index in [1.165, 1.54) is 37.7 Å². The summed E-state index contributed by atoms with van der Waals surface area (Å²) in [5.74, 6) is 1.59. The van der Waals surface area contributed by atoms with Gasteiger partial charge >= 0.3 is 0 Å². The Balaban J connectivity index is 1.95. The van der Waals surface area contributed by atoms with E-state index in [9.17, 15) is 0 Å². The van der Waals surface area contributed by atoms with Crippen LogP contribution in [0.5, 0.6) is 0 Å². The topological polar surface area (TPSA) is 26.0 Å². The molecular formula is C16H24BrN. The molecule has 1 saturated carbocycles. The number of halogens is 1. The van der Waals surface area contributed by atoms with Crippen LogP contribution in [-0.4, -0.2) is 6.04 Å². The van der Waals surface area contributed by atoms with Crippen LogP contribution in [0.3, 0.4) is 0 Å². The number of hydrogen-bond acceptors (Lipinski definition) is 1. The van der Waals surface area contributed by atoms with Crippen molar-refractivity contribution >= 4 is 15.9 Å². The molecule has 1 aliphatic rings. The molecule has 0 aromatic heterocycles. The monoisotopic (exact) mass is 309 g/mol. The van der Waals surface area contributed by atoms with Crippen LogP contribution in [0.4, 0.5) is 0 Å². The lowest BCUT2D eigenvalue weighted by atomic mass is 9.74. The molecule has 3 atom stereocenters. The summed E-state index contributed by atoms with van der Waals surface area (Å²) >= 11 is 3.49. The van der Waals surface area contributed by atoms with Crippen molar-refractivity contribution < 1.29 is 0 Å². The average molecular weight is 310 g/mol. The summed E-state index contributed by atoms with van der Waals surface area (Å²) in [7, 11) is 0. The molecule has 18 heavy (non-hydrogen) atoms. The number of benzene rings is 1. The molecule has 0 bridgehead atoms. The van der Waals surface area contributed by atoms with Gasteiger partial charge < -0.3 is 5.73 Å². The van der Waals surface area contributed by atoms with Crippen molar-refractivity contribution in [2.24, 2.45) is 17.6 Å². The summed E-state index contributed by atoms with van der Waals surface area (Å²) in [4.78, 5) is 0. The molecule has 1 aromatic rings. The molecule has 1 nitrogen and oxygen atoms in total. The smallest absolute Gasteiger partial charge is 0.0175 e. The SMILES string of the molecule is CCCC1CCC(N)C(Cc2ccc(Br)cc2)C1. The highest BCUT2D eigenvalue weighted by atomic mass is 79.9. The fourth-order valence-corrected chi connectivity index (χ4v) is 3.48. The summed E-state index contributed by atoms with van der Waals surface area (Å²) in [5, 5.41) is 0. The quantitative estimate of drug-likeness (QED) is 0.868. The molecular weight excluding hydrogens is 286 g/mol. The zero-order valence-corrected chi connectivity index (χ0v) is 12.8. The summed E-state index contributed by atoms with van der Waals surface area (Å²) in [5.41, 5.74) is 7.73. The van der Waals surface area contributed by atoms with Gasteiger partial charge in [-0.1, -0.05) is 47.8 Å². The highest BCUT2D eigenvalue weighted by Crippen LogP contribution is 2.33. The van der Waals surface area contributed by atoms with Gasteiger partial charge in [-0.2, -0.15) is 0 Å². The molecule has 100 valence electrons. The molecule has 0 amide bonds. The first kappa shape index (κ1) is 14.1. The van der Waals surface area contributed by atoms with E-state index in [0.29, 0.717) is 12.0 Å². The van der Waals surface area contributed by atoms with Crippen LogP contribution in [0.2, 0.25) is 0 Å². The fraction of sp³-hybridized carbons (Fsp3) is 0.625. The van der Waals surface area contributed by atoms with Gasteiger partial charge in [0.25, 0.3) is 0 Å². The van der Waals surface area contributed by atoms with E-state index in [1.54, 1.807) is 0 Å². The van der Waals surface area contributed by atoms with Crippen LogP contribution in [0.1, 0.15) is 44.6 Å². The minimum atomic E-state index is 0.404. The maximum absolute atomic E-state index is 6.31. The minimum Gasteiger partial charge on any atom is -0.327 e. The second kappa shape index (κ2) is 6.72. The molecule has 0 heterocycles. The summed E-state index contributed by atoms with van der Waals surface area (Å²) in [6.07, 6.45) is 7.71. The maximum Gasteiger partial charge on any atom is 0.0175 e. The van der Waals surface area contributed by atoms with E-state index in [4.69, 9.17) is 5.73 Å². The minimum absolute atomic E-state index is 0.404. The van der Waals surface area contributed by atoms with Gasteiger partial charge in [-0.15, -0.1) is 0 Å². The second-order valence-electron chi connectivity index (χ2n) is 5.72. The second-order valence-corrected chi connectivity index (χ2v) is 6.64. The van der Waals surface area contributed by atoms with E-state index >= 15 is 0 Å². The Bertz CT molecular complexity index is 360. The molecule has 0 saturated heterocycles. The Kier molecular flexibility index (Phi) is 5.25. The molecule has 2 heteroatoms. The first-order valence-corrected chi connectivity index (χ1v) is 7.98. The van der Waals surface area contributed by atoms with Gasteiger partial charge in [0.2, 0.25) is 0 Å². The van der Waals surface area contributed by atoms with Crippen molar-refractivity contribution in [2.45, 2.75) is 51.5 Å². The van der Waals surface area contributed by atoms with Crippen LogP contribution in [0.25, 0.3) is 0 Å². The highest BCUT2D eigenvalue weighted by Gasteiger charge is 2.27. The Hall–Kier alpha value is -0.340. The van der Waals surface area contributed by atoms with Gasteiger partial charge in [0.05, 0.1) is 0 Å². The molecule has 2 rings (SSSR count). The van der Waals surface area contributed by atoms with Crippen molar-refractivity contribution in [1.29, 1.82) is 0 Å². The third kappa shape index (κ3) is 3.83. The zero-order valence-electron chi connectivity index (χ0n) is 11.2. The normalized spacial score (nSPS) is 28.3. The molecule has 1 fully saturated rings. The van der Waals surface area contributed by atoms with Gasteiger partial charge in [-0.05, 0) is 55.2 Å².